The Morgan fingerprint density at radius 2 is 1.76 bits per heavy atom. The van der Waals surface area contributed by atoms with Crippen molar-refractivity contribution < 1.29 is 29.0 Å². The molecule has 1 aliphatic rings. The van der Waals surface area contributed by atoms with Crippen molar-refractivity contribution in [3.63, 3.8) is 0 Å². The van der Waals surface area contributed by atoms with E-state index in [9.17, 15) is 19.2 Å². The fourth-order valence-electron chi connectivity index (χ4n) is 1.63. The highest BCUT2D eigenvalue weighted by molar-refractivity contribution is 6.31. The molecule has 108 valence electrons. The van der Waals surface area contributed by atoms with Crippen LogP contribution < -0.4 is 15.4 Å². The van der Waals surface area contributed by atoms with Crippen molar-refractivity contribution >= 4 is 29.9 Å². The van der Waals surface area contributed by atoms with Crippen molar-refractivity contribution in [2.45, 2.75) is 0 Å². The highest BCUT2D eigenvalue weighted by Gasteiger charge is 2.27. The zero-order chi connectivity index (χ0) is 15.4. The number of nitrogens with one attached hydrogen (secondary N) is 2. The average molecular weight is 290 g/mol. The van der Waals surface area contributed by atoms with Gasteiger partial charge in [0.25, 0.3) is 11.8 Å². The molecule has 1 saturated heterocycles. The molecule has 8 nitrogen and oxygen atoms in total. The number of rotatable bonds is 4. The van der Waals surface area contributed by atoms with Gasteiger partial charge in [-0.1, -0.05) is 18.2 Å². The average Bonchev–Trinajstić information content (AvgIpc) is 2.41. The van der Waals surface area contributed by atoms with Gasteiger partial charge in [-0.3, -0.25) is 20.2 Å². The summed E-state index contributed by atoms with van der Waals surface area (Å²) < 4.78 is 5.06. The van der Waals surface area contributed by atoms with Gasteiger partial charge in [-0.05, 0) is 12.1 Å². The van der Waals surface area contributed by atoms with Gasteiger partial charge in [-0.2, -0.15) is 0 Å². The number of para-hydroxylation sites is 1. The van der Waals surface area contributed by atoms with E-state index >= 15 is 0 Å². The van der Waals surface area contributed by atoms with E-state index in [0.29, 0.717) is 5.56 Å². The summed E-state index contributed by atoms with van der Waals surface area (Å²) in [6, 6.07) is 5.39. The Kier molecular flexibility index (Phi) is 3.98. The van der Waals surface area contributed by atoms with E-state index in [4.69, 9.17) is 9.84 Å². The van der Waals surface area contributed by atoms with Gasteiger partial charge in [0.15, 0.2) is 6.61 Å². The molecule has 0 aromatic heterocycles. The fourth-order valence-corrected chi connectivity index (χ4v) is 1.63. The molecule has 0 saturated carbocycles. The monoisotopic (exact) mass is 290 g/mol. The zero-order valence-electron chi connectivity index (χ0n) is 10.6. The number of carbonyl (C=O) groups is 4. The minimum absolute atomic E-state index is 0.199. The molecule has 1 aromatic carbocycles. The van der Waals surface area contributed by atoms with Gasteiger partial charge in [0.05, 0.1) is 0 Å². The normalized spacial score (nSPS) is 14.3. The molecule has 4 amide bonds. The van der Waals surface area contributed by atoms with Crippen LogP contribution in [0.15, 0.2) is 29.8 Å². The number of imide groups is 2. The molecule has 0 unspecified atom stereocenters. The lowest BCUT2D eigenvalue weighted by molar-refractivity contribution is -0.139. The lowest BCUT2D eigenvalue weighted by atomic mass is 10.1. The summed E-state index contributed by atoms with van der Waals surface area (Å²) in [5, 5.41) is 12.5. The smallest absolute Gasteiger partial charge is 0.341 e. The lowest BCUT2D eigenvalue weighted by Crippen LogP contribution is -2.51. The Morgan fingerprint density at radius 1 is 1.14 bits per heavy atom. The quantitative estimate of drug-likeness (QED) is 0.526. The van der Waals surface area contributed by atoms with Crippen molar-refractivity contribution in [1.29, 1.82) is 0 Å². The maximum Gasteiger partial charge on any atom is 0.341 e. The van der Waals surface area contributed by atoms with Crippen molar-refractivity contribution in [2.24, 2.45) is 0 Å². The maximum atomic E-state index is 11.6. The molecule has 0 radical (unpaired) electrons. The minimum atomic E-state index is -1.16. The van der Waals surface area contributed by atoms with E-state index in [1.165, 1.54) is 12.1 Å². The number of hydrogen-bond donors (Lipinski definition) is 3. The summed E-state index contributed by atoms with van der Waals surface area (Å²) >= 11 is 0. The Hall–Kier alpha value is -3.16. The highest BCUT2D eigenvalue weighted by Crippen LogP contribution is 2.21. The molecule has 1 heterocycles. The Balaban J connectivity index is 2.31. The summed E-state index contributed by atoms with van der Waals surface area (Å²) in [5.41, 5.74) is 0.0642. The summed E-state index contributed by atoms with van der Waals surface area (Å²) in [7, 11) is 0. The SMILES string of the molecule is O=C(O)COc1ccccc1C=C1C(=O)NC(=O)NC1=O. The molecule has 1 fully saturated rings. The third kappa shape index (κ3) is 3.44. The largest absolute Gasteiger partial charge is 0.481 e. The molecule has 0 bridgehead atoms. The van der Waals surface area contributed by atoms with Crippen LogP contribution in [0.3, 0.4) is 0 Å². The van der Waals surface area contributed by atoms with Crippen LogP contribution in [0.4, 0.5) is 4.79 Å². The first-order chi connectivity index (χ1) is 9.97. The standard InChI is InChI=1S/C13H10N2O6/c16-10(17)6-21-9-4-2-1-3-7(9)5-8-11(18)14-13(20)15-12(8)19/h1-5H,6H2,(H,16,17)(H2,14,15,18,19,20). The topological polar surface area (TPSA) is 122 Å². The van der Waals surface area contributed by atoms with Crippen LogP contribution in [0.5, 0.6) is 5.75 Å². The van der Waals surface area contributed by atoms with Crippen LogP contribution in [0.1, 0.15) is 5.56 Å². The molecular weight excluding hydrogens is 280 g/mol. The second kappa shape index (κ2) is 5.87. The van der Waals surface area contributed by atoms with E-state index in [-0.39, 0.29) is 11.3 Å². The number of barbiturate groups is 1. The number of ether oxygens (including phenoxy) is 1. The molecule has 8 heteroatoms. The van der Waals surface area contributed by atoms with Crippen molar-refractivity contribution in [1.82, 2.24) is 10.6 Å². The van der Waals surface area contributed by atoms with Gasteiger partial charge in [0.1, 0.15) is 11.3 Å². The van der Waals surface area contributed by atoms with E-state index in [1.54, 1.807) is 18.2 Å². The third-order valence-corrected chi connectivity index (χ3v) is 2.51. The maximum absolute atomic E-state index is 11.6. The molecule has 0 aliphatic carbocycles. The molecule has 3 N–H and O–H groups in total. The molecule has 1 aromatic rings. The number of amides is 4. The number of benzene rings is 1. The molecule has 0 spiro atoms. The number of carboxylic acid groups (broad SMARTS) is 1. The van der Waals surface area contributed by atoms with Crippen LogP contribution in [0.25, 0.3) is 6.08 Å². The first kappa shape index (κ1) is 14.3. The fraction of sp³-hybridized carbons (Fsp3) is 0.0769. The first-order valence-corrected chi connectivity index (χ1v) is 5.79. The molecule has 0 atom stereocenters. The minimum Gasteiger partial charge on any atom is -0.481 e. The molecule has 2 rings (SSSR count). The summed E-state index contributed by atoms with van der Waals surface area (Å²) in [4.78, 5) is 44.7. The second-order valence-corrected chi connectivity index (χ2v) is 4.02. The van der Waals surface area contributed by atoms with Gasteiger partial charge >= 0.3 is 12.0 Å². The predicted molar refractivity (Wildman–Crippen MR) is 69.2 cm³/mol. The van der Waals surface area contributed by atoms with E-state index in [0.717, 1.165) is 0 Å². The Morgan fingerprint density at radius 3 is 2.38 bits per heavy atom. The van der Waals surface area contributed by atoms with Gasteiger partial charge in [-0.15, -0.1) is 0 Å². The second-order valence-electron chi connectivity index (χ2n) is 4.02. The number of aliphatic carboxylic acids is 1. The van der Waals surface area contributed by atoms with Crippen molar-refractivity contribution in [3.8, 4) is 5.75 Å². The Bertz CT molecular complexity index is 642. The lowest BCUT2D eigenvalue weighted by Gasteiger charge is -2.14. The van der Waals surface area contributed by atoms with Crippen LogP contribution in [-0.4, -0.2) is 35.5 Å². The van der Waals surface area contributed by atoms with Crippen molar-refractivity contribution in [2.75, 3.05) is 6.61 Å². The Labute approximate surface area is 118 Å². The molecule has 1 aliphatic heterocycles. The summed E-state index contributed by atoms with van der Waals surface area (Å²) in [5.74, 6) is -2.63. The van der Waals surface area contributed by atoms with Gasteiger partial charge in [0, 0.05) is 5.56 Å². The van der Waals surface area contributed by atoms with Crippen LogP contribution in [0.2, 0.25) is 0 Å². The van der Waals surface area contributed by atoms with Crippen LogP contribution in [-0.2, 0) is 14.4 Å². The predicted octanol–water partition coefficient (Wildman–Crippen LogP) is -0.101. The number of urea groups is 1. The first-order valence-electron chi connectivity index (χ1n) is 5.79. The van der Waals surface area contributed by atoms with E-state index < -0.39 is 30.4 Å². The highest BCUT2D eigenvalue weighted by atomic mass is 16.5. The van der Waals surface area contributed by atoms with Gasteiger partial charge in [0.2, 0.25) is 0 Å². The number of carbonyl (C=O) groups excluding carboxylic acids is 3. The molecule has 21 heavy (non-hydrogen) atoms. The zero-order valence-corrected chi connectivity index (χ0v) is 10.6. The number of carboxylic acids is 1. The number of hydrogen-bond acceptors (Lipinski definition) is 5. The van der Waals surface area contributed by atoms with E-state index in [2.05, 4.69) is 0 Å². The van der Waals surface area contributed by atoms with E-state index in [1.807, 2.05) is 10.6 Å². The molecular formula is C13H10N2O6. The van der Waals surface area contributed by atoms with Crippen molar-refractivity contribution in [3.05, 3.63) is 35.4 Å². The van der Waals surface area contributed by atoms with Gasteiger partial charge < -0.3 is 9.84 Å². The van der Waals surface area contributed by atoms with Gasteiger partial charge in [-0.25, -0.2) is 9.59 Å². The summed E-state index contributed by atoms with van der Waals surface area (Å²) in [6.07, 6.45) is 1.22. The van der Waals surface area contributed by atoms with Crippen LogP contribution >= 0.6 is 0 Å². The van der Waals surface area contributed by atoms with Crippen LogP contribution in [0, 0.1) is 0 Å². The third-order valence-electron chi connectivity index (χ3n) is 2.51. The summed E-state index contributed by atoms with van der Waals surface area (Å²) in [6.45, 7) is -0.558.